The van der Waals surface area contributed by atoms with Crippen LogP contribution in [0.4, 0.5) is 0 Å². The standard InChI is InChI=1S/C15H23NO2/c1-5-13-6-8-14(9-7-13)12(4)16-11(3)10(2)15(17)18/h6-12,16H,5H2,1-4H3,(H,17,18). The number of hydrogen-bond acceptors (Lipinski definition) is 2. The van der Waals surface area contributed by atoms with Gasteiger partial charge in [-0.25, -0.2) is 0 Å². The first kappa shape index (κ1) is 14.7. The van der Waals surface area contributed by atoms with Gasteiger partial charge in [-0.3, -0.25) is 4.79 Å². The van der Waals surface area contributed by atoms with Crippen molar-refractivity contribution in [2.45, 2.75) is 46.2 Å². The summed E-state index contributed by atoms with van der Waals surface area (Å²) < 4.78 is 0. The Morgan fingerprint density at radius 3 is 2.22 bits per heavy atom. The summed E-state index contributed by atoms with van der Waals surface area (Å²) in [4.78, 5) is 10.9. The molecule has 100 valence electrons. The van der Waals surface area contributed by atoms with E-state index in [-0.39, 0.29) is 18.0 Å². The topological polar surface area (TPSA) is 49.3 Å². The third-order valence-corrected chi connectivity index (χ3v) is 3.54. The number of rotatable bonds is 6. The Kier molecular flexibility index (Phi) is 5.35. The van der Waals surface area contributed by atoms with Crippen LogP contribution in [0.1, 0.15) is 44.9 Å². The van der Waals surface area contributed by atoms with Gasteiger partial charge >= 0.3 is 5.97 Å². The molecule has 0 fully saturated rings. The smallest absolute Gasteiger partial charge is 0.307 e. The van der Waals surface area contributed by atoms with E-state index in [2.05, 4.69) is 43.4 Å². The molecule has 1 rings (SSSR count). The Bertz CT molecular complexity index is 386. The summed E-state index contributed by atoms with van der Waals surface area (Å²) in [5.74, 6) is -1.15. The molecule has 3 atom stereocenters. The molecule has 0 bridgehead atoms. The number of hydrogen-bond donors (Lipinski definition) is 2. The maximum atomic E-state index is 10.9. The van der Waals surface area contributed by atoms with Crippen molar-refractivity contribution in [2.75, 3.05) is 0 Å². The van der Waals surface area contributed by atoms with E-state index in [1.165, 1.54) is 11.1 Å². The van der Waals surface area contributed by atoms with Crippen molar-refractivity contribution in [3.8, 4) is 0 Å². The van der Waals surface area contributed by atoms with Gasteiger partial charge in [0.25, 0.3) is 0 Å². The zero-order valence-electron chi connectivity index (χ0n) is 11.6. The molecule has 0 saturated heterocycles. The molecule has 0 aliphatic rings. The van der Waals surface area contributed by atoms with Gasteiger partial charge in [0.15, 0.2) is 0 Å². The molecule has 18 heavy (non-hydrogen) atoms. The molecule has 0 heterocycles. The highest BCUT2D eigenvalue weighted by Gasteiger charge is 2.20. The Labute approximate surface area is 109 Å². The van der Waals surface area contributed by atoms with Crippen LogP contribution in [0.3, 0.4) is 0 Å². The van der Waals surface area contributed by atoms with E-state index in [1.807, 2.05) is 6.92 Å². The largest absolute Gasteiger partial charge is 0.481 e. The second kappa shape index (κ2) is 6.55. The van der Waals surface area contributed by atoms with Crippen molar-refractivity contribution in [3.05, 3.63) is 35.4 Å². The molecule has 0 radical (unpaired) electrons. The summed E-state index contributed by atoms with van der Waals surface area (Å²) in [6.45, 7) is 7.84. The van der Waals surface area contributed by atoms with Crippen LogP contribution in [0.25, 0.3) is 0 Å². The third kappa shape index (κ3) is 3.84. The van der Waals surface area contributed by atoms with Crippen LogP contribution in [-0.4, -0.2) is 17.1 Å². The van der Waals surface area contributed by atoms with Gasteiger partial charge in [0, 0.05) is 12.1 Å². The van der Waals surface area contributed by atoms with Crippen LogP contribution in [0.5, 0.6) is 0 Å². The van der Waals surface area contributed by atoms with Gasteiger partial charge < -0.3 is 10.4 Å². The Morgan fingerprint density at radius 2 is 1.78 bits per heavy atom. The lowest BCUT2D eigenvalue weighted by atomic mass is 10.0. The zero-order chi connectivity index (χ0) is 13.7. The van der Waals surface area contributed by atoms with Crippen LogP contribution in [0.2, 0.25) is 0 Å². The van der Waals surface area contributed by atoms with E-state index in [0.717, 1.165) is 6.42 Å². The predicted octanol–water partition coefficient (Wildman–Crippen LogP) is 3.01. The quantitative estimate of drug-likeness (QED) is 0.814. The van der Waals surface area contributed by atoms with Crippen molar-refractivity contribution in [1.82, 2.24) is 5.32 Å². The van der Waals surface area contributed by atoms with E-state index < -0.39 is 5.97 Å². The number of carboxylic acid groups (broad SMARTS) is 1. The highest BCUT2D eigenvalue weighted by atomic mass is 16.4. The van der Waals surface area contributed by atoms with Gasteiger partial charge in [-0.05, 0) is 31.4 Å². The maximum absolute atomic E-state index is 10.9. The predicted molar refractivity (Wildman–Crippen MR) is 73.6 cm³/mol. The van der Waals surface area contributed by atoms with Crippen molar-refractivity contribution in [3.63, 3.8) is 0 Å². The summed E-state index contributed by atoms with van der Waals surface area (Å²) in [7, 11) is 0. The molecule has 3 nitrogen and oxygen atoms in total. The molecule has 1 aromatic rings. The molecule has 0 aromatic heterocycles. The van der Waals surface area contributed by atoms with Gasteiger partial charge in [-0.2, -0.15) is 0 Å². The minimum atomic E-state index is -0.761. The monoisotopic (exact) mass is 249 g/mol. The number of benzene rings is 1. The lowest BCUT2D eigenvalue weighted by molar-refractivity contribution is -0.142. The number of nitrogens with one attached hydrogen (secondary N) is 1. The van der Waals surface area contributed by atoms with E-state index >= 15 is 0 Å². The van der Waals surface area contributed by atoms with Crippen LogP contribution in [0, 0.1) is 5.92 Å². The highest BCUT2D eigenvalue weighted by molar-refractivity contribution is 5.70. The maximum Gasteiger partial charge on any atom is 0.307 e. The average Bonchev–Trinajstić information content (AvgIpc) is 2.37. The number of carbonyl (C=O) groups is 1. The van der Waals surface area contributed by atoms with E-state index in [4.69, 9.17) is 5.11 Å². The van der Waals surface area contributed by atoms with Crippen molar-refractivity contribution >= 4 is 5.97 Å². The Morgan fingerprint density at radius 1 is 1.22 bits per heavy atom. The molecule has 3 unspecified atom stereocenters. The average molecular weight is 249 g/mol. The number of aryl methyl sites for hydroxylation is 1. The van der Waals surface area contributed by atoms with E-state index in [9.17, 15) is 4.79 Å². The van der Waals surface area contributed by atoms with Gasteiger partial charge in [0.05, 0.1) is 5.92 Å². The second-order valence-electron chi connectivity index (χ2n) is 4.90. The van der Waals surface area contributed by atoms with Gasteiger partial charge in [0.1, 0.15) is 0 Å². The van der Waals surface area contributed by atoms with Gasteiger partial charge in [-0.1, -0.05) is 38.1 Å². The van der Waals surface area contributed by atoms with Crippen LogP contribution in [0.15, 0.2) is 24.3 Å². The molecule has 2 N–H and O–H groups in total. The fraction of sp³-hybridized carbons (Fsp3) is 0.533. The van der Waals surface area contributed by atoms with Gasteiger partial charge in [0.2, 0.25) is 0 Å². The first-order valence-electron chi connectivity index (χ1n) is 6.53. The Balaban J connectivity index is 2.63. The van der Waals surface area contributed by atoms with E-state index in [1.54, 1.807) is 6.92 Å². The molecule has 0 aliphatic carbocycles. The summed E-state index contributed by atoms with van der Waals surface area (Å²) in [5.41, 5.74) is 2.51. The van der Waals surface area contributed by atoms with Crippen LogP contribution in [-0.2, 0) is 11.2 Å². The molecule has 0 aliphatic heterocycles. The first-order valence-corrected chi connectivity index (χ1v) is 6.53. The normalized spacial score (nSPS) is 16.0. The van der Waals surface area contributed by atoms with Crippen molar-refractivity contribution in [2.24, 2.45) is 5.92 Å². The van der Waals surface area contributed by atoms with Crippen molar-refractivity contribution < 1.29 is 9.90 Å². The summed E-state index contributed by atoms with van der Waals surface area (Å²) in [5, 5.41) is 12.3. The molecule has 0 amide bonds. The Hall–Kier alpha value is -1.35. The minimum Gasteiger partial charge on any atom is -0.481 e. The van der Waals surface area contributed by atoms with Crippen LogP contribution >= 0.6 is 0 Å². The zero-order valence-corrected chi connectivity index (χ0v) is 11.6. The molecular weight excluding hydrogens is 226 g/mol. The second-order valence-corrected chi connectivity index (χ2v) is 4.90. The highest BCUT2D eigenvalue weighted by Crippen LogP contribution is 2.16. The lowest BCUT2D eigenvalue weighted by Crippen LogP contribution is -2.37. The minimum absolute atomic E-state index is 0.0525. The molecule has 1 aromatic carbocycles. The summed E-state index contributed by atoms with van der Waals surface area (Å²) in [6.07, 6.45) is 1.04. The molecular formula is C15H23NO2. The molecule has 0 spiro atoms. The first-order chi connectivity index (χ1) is 8.45. The third-order valence-electron chi connectivity index (χ3n) is 3.54. The number of aliphatic carboxylic acids is 1. The molecule has 3 heteroatoms. The summed E-state index contributed by atoms with van der Waals surface area (Å²) >= 11 is 0. The number of carboxylic acids is 1. The van der Waals surface area contributed by atoms with Gasteiger partial charge in [-0.15, -0.1) is 0 Å². The summed E-state index contributed by atoms with van der Waals surface area (Å²) in [6, 6.07) is 8.57. The van der Waals surface area contributed by atoms with Crippen molar-refractivity contribution in [1.29, 1.82) is 0 Å². The van der Waals surface area contributed by atoms with E-state index in [0.29, 0.717) is 0 Å². The lowest BCUT2D eigenvalue weighted by Gasteiger charge is -2.23. The fourth-order valence-electron chi connectivity index (χ4n) is 1.89. The van der Waals surface area contributed by atoms with Crippen LogP contribution < -0.4 is 5.32 Å². The fourth-order valence-corrected chi connectivity index (χ4v) is 1.89. The molecule has 0 saturated carbocycles. The SMILES string of the molecule is CCc1ccc(C(C)NC(C)C(C)C(=O)O)cc1.